The van der Waals surface area contributed by atoms with Crippen molar-refractivity contribution in [2.45, 2.75) is 13.3 Å². The van der Waals surface area contributed by atoms with E-state index in [9.17, 15) is 0 Å². The van der Waals surface area contributed by atoms with Crippen molar-refractivity contribution in [2.24, 2.45) is 0 Å². The Balaban J connectivity index is 2.42. The summed E-state index contributed by atoms with van der Waals surface area (Å²) in [6, 6.07) is 13.3. The van der Waals surface area contributed by atoms with Crippen molar-refractivity contribution in [3.63, 3.8) is 0 Å². The van der Waals surface area contributed by atoms with Crippen LogP contribution < -0.4 is 0 Å². The second-order valence-electron chi connectivity index (χ2n) is 5.28. The number of aryl methyl sites for hydroxylation is 1. The van der Waals surface area contributed by atoms with Gasteiger partial charge in [0.1, 0.15) is 0 Å². The molecule has 104 valence electrons. The van der Waals surface area contributed by atoms with E-state index < -0.39 is 0 Å². The molecule has 3 heteroatoms. The Bertz CT molecular complexity index is 980. The number of halogens is 3. The van der Waals surface area contributed by atoms with Gasteiger partial charge < -0.3 is 0 Å². The zero-order valence-corrected chi connectivity index (χ0v) is 16.1. The van der Waals surface area contributed by atoms with Crippen LogP contribution in [-0.4, -0.2) is 0 Å². The topological polar surface area (TPSA) is 0 Å². The first-order valence-corrected chi connectivity index (χ1v) is 9.23. The quantitative estimate of drug-likeness (QED) is 0.256. The van der Waals surface area contributed by atoms with Gasteiger partial charge in [0.25, 0.3) is 0 Å². The molecule has 0 spiro atoms. The smallest absolute Gasteiger partial charge is 0.0265 e. The second kappa shape index (κ2) is 4.94. The first kappa shape index (κ1) is 14.0. The average molecular weight is 467 g/mol. The van der Waals surface area contributed by atoms with Crippen LogP contribution in [0.25, 0.3) is 32.3 Å². The second-order valence-corrected chi connectivity index (χ2v) is 7.85. The van der Waals surface area contributed by atoms with Crippen LogP contribution in [0, 0.1) is 0 Å². The average Bonchev–Trinajstić information content (AvgIpc) is 2.48. The number of hydrogen-bond acceptors (Lipinski definition) is 0. The minimum absolute atomic E-state index is 1.04. The maximum atomic E-state index is 3.75. The lowest BCUT2D eigenvalue weighted by atomic mass is 9.91. The van der Waals surface area contributed by atoms with Crippen LogP contribution >= 0.6 is 47.8 Å². The summed E-state index contributed by atoms with van der Waals surface area (Å²) in [7, 11) is 0. The van der Waals surface area contributed by atoms with Gasteiger partial charge >= 0.3 is 0 Å². The molecule has 0 saturated heterocycles. The van der Waals surface area contributed by atoms with E-state index in [1.165, 1.54) is 42.4 Å². The summed E-state index contributed by atoms with van der Waals surface area (Å²) in [6.45, 7) is 2.21. The minimum atomic E-state index is 1.04. The number of benzene rings is 4. The molecule has 0 aliphatic rings. The normalized spacial score (nSPS) is 12.0. The Morgan fingerprint density at radius 3 is 1.62 bits per heavy atom. The van der Waals surface area contributed by atoms with Crippen molar-refractivity contribution in [3.05, 3.63) is 55.4 Å². The molecule has 4 aromatic rings. The van der Waals surface area contributed by atoms with Crippen LogP contribution in [-0.2, 0) is 6.42 Å². The molecule has 0 unspecified atom stereocenters. The van der Waals surface area contributed by atoms with Crippen LogP contribution in [0.4, 0.5) is 0 Å². The summed E-state index contributed by atoms with van der Waals surface area (Å²) in [5, 5.41) is 7.88. The Morgan fingerprint density at radius 1 is 0.667 bits per heavy atom. The van der Waals surface area contributed by atoms with Crippen molar-refractivity contribution in [2.75, 3.05) is 0 Å². The number of rotatable bonds is 1. The highest BCUT2D eigenvalue weighted by atomic mass is 79.9. The van der Waals surface area contributed by atoms with Crippen LogP contribution in [0.1, 0.15) is 12.5 Å². The summed E-state index contributed by atoms with van der Waals surface area (Å²) in [5.74, 6) is 0. The molecule has 0 aliphatic carbocycles. The van der Waals surface area contributed by atoms with E-state index in [0.29, 0.717) is 0 Å². The third-order valence-electron chi connectivity index (χ3n) is 4.21. The summed E-state index contributed by atoms with van der Waals surface area (Å²) in [5.41, 5.74) is 1.39. The predicted octanol–water partition coefficient (Wildman–Crippen LogP) is 7.43. The third-order valence-corrected chi connectivity index (χ3v) is 6.18. The highest BCUT2D eigenvalue weighted by Gasteiger charge is 2.15. The monoisotopic (exact) mass is 464 g/mol. The lowest BCUT2D eigenvalue weighted by Gasteiger charge is -2.16. The van der Waals surface area contributed by atoms with E-state index in [2.05, 4.69) is 91.1 Å². The van der Waals surface area contributed by atoms with Gasteiger partial charge in [0.2, 0.25) is 0 Å². The van der Waals surface area contributed by atoms with Crippen LogP contribution in [0.2, 0.25) is 0 Å². The predicted molar refractivity (Wildman–Crippen MR) is 103 cm³/mol. The van der Waals surface area contributed by atoms with Crippen molar-refractivity contribution < 1.29 is 0 Å². The summed E-state index contributed by atoms with van der Waals surface area (Å²) < 4.78 is 3.45. The lowest BCUT2D eigenvalue weighted by molar-refractivity contribution is 1.16. The van der Waals surface area contributed by atoms with E-state index >= 15 is 0 Å². The van der Waals surface area contributed by atoms with Crippen molar-refractivity contribution in [1.82, 2.24) is 0 Å². The molecule has 0 fully saturated rings. The molecule has 0 saturated carbocycles. The molecule has 0 amide bonds. The van der Waals surface area contributed by atoms with E-state index in [4.69, 9.17) is 0 Å². The molecule has 0 aromatic heterocycles. The molecule has 0 radical (unpaired) electrons. The van der Waals surface area contributed by atoms with Crippen molar-refractivity contribution in [3.8, 4) is 0 Å². The molecular formula is C18H11Br3. The fraction of sp³-hybridized carbons (Fsp3) is 0.111. The van der Waals surface area contributed by atoms with Gasteiger partial charge in [0.15, 0.2) is 0 Å². The standard InChI is InChI=1S/C18H11Br3/c1-2-9-7-14(19)11-5-6-13-16(21)8-15(20)12-4-3-10(9)17(11)18(12)13/h3-8H,2H2,1H3. The summed E-state index contributed by atoms with van der Waals surface area (Å²) in [4.78, 5) is 0. The Kier molecular flexibility index (Phi) is 3.29. The first-order chi connectivity index (χ1) is 10.1. The molecule has 0 bridgehead atoms. The number of hydrogen-bond donors (Lipinski definition) is 0. The van der Waals surface area contributed by atoms with Gasteiger partial charge in [0.05, 0.1) is 0 Å². The molecule has 4 aromatic carbocycles. The fourth-order valence-corrected chi connectivity index (χ4v) is 5.26. The molecule has 4 rings (SSSR count). The highest BCUT2D eigenvalue weighted by Crippen LogP contribution is 2.43. The van der Waals surface area contributed by atoms with Crippen LogP contribution in [0.5, 0.6) is 0 Å². The fourth-order valence-electron chi connectivity index (χ4n) is 3.23. The van der Waals surface area contributed by atoms with Gasteiger partial charge in [0, 0.05) is 13.4 Å². The molecule has 0 nitrogen and oxygen atoms in total. The van der Waals surface area contributed by atoms with Gasteiger partial charge in [-0.15, -0.1) is 0 Å². The van der Waals surface area contributed by atoms with Gasteiger partial charge in [-0.1, -0.05) is 79.0 Å². The Hall–Kier alpha value is -0.640. The molecule has 0 heterocycles. The zero-order chi connectivity index (χ0) is 14.7. The van der Waals surface area contributed by atoms with Gasteiger partial charge in [-0.05, 0) is 56.4 Å². The van der Waals surface area contributed by atoms with E-state index in [-0.39, 0.29) is 0 Å². The van der Waals surface area contributed by atoms with Crippen molar-refractivity contribution >= 4 is 80.1 Å². The minimum Gasteiger partial charge on any atom is -0.0613 e. The third kappa shape index (κ3) is 1.90. The van der Waals surface area contributed by atoms with Gasteiger partial charge in [-0.2, -0.15) is 0 Å². The van der Waals surface area contributed by atoms with E-state index in [0.717, 1.165) is 15.4 Å². The van der Waals surface area contributed by atoms with Crippen molar-refractivity contribution in [1.29, 1.82) is 0 Å². The van der Waals surface area contributed by atoms with Gasteiger partial charge in [-0.25, -0.2) is 0 Å². The maximum absolute atomic E-state index is 3.75. The lowest BCUT2D eigenvalue weighted by Crippen LogP contribution is -1.91. The molecular weight excluding hydrogens is 456 g/mol. The Morgan fingerprint density at radius 2 is 1.10 bits per heavy atom. The largest absolute Gasteiger partial charge is 0.0613 e. The Labute approximate surface area is 148 Å². The zero-order valence-electron chi connectivity index (χ0n) is 11.3. The first-order valence-electron chi connectivity index (χ1n) is 6.85. The molecule has 0 N–H and O–H groups in total. The van der Waals surface area contributed by atoms with Gasteiger partial charge in [-0.3, -0.25) is 0 Å². The summed E-state index contributed by atoms with van der Waals surface area (Å²) in [6.07, 6.45) is 1.04. The maximum Gasteiger partial charge on any atom is 0.0265 e. The van der Waals surface area contributed by atoms with E-state index in [1.807, 2.05) is 0 Å². The molecule has 21 heavy (non-hydrogen) atoms. The summed E-state index contributed by atoms with van der Waals surface area (Å²) >= 11 is 11.2. The molecule has 0 aliphatic heterocycles. The van der Waals surface area contributed by atoms with Crippen LogP contribution in [0.15, 0.2) is 49.8 Å². The highest BCUT2D eigenvalue weighted by molar-refractivity contribution is 9.11. The SMILES string of the molecule is CCc1cc(Br)c2ccc3c(Br)cc(Br)c4ccc1c2c34. The molecule has 0 atom stereocenters. The van der Waals surface area contributed by atoms with E-state index in [1.54, 1.807) is 0 Å². The van der Waals surface area contributed by atoms with Crippen LogP contribution in [0.3, 0.4) is 0 Å².